The number of carbonyl (C=O) groups is 1. The van der Waals surface area contributed by atoms with Crippen LogP contribution in [0, 0.1) is 5.92 Å². The highest BCUT2D eigenvalue weighted by molar-refractivity contribution is 5.99. The van der Waals surface area contributed by atoms with Gasteiger partial charge in [0.25, 0.3) is 5.91 Å². The Morgan fingerprint density at radius 2 is 1.97 bits per heavy atom. The minimum Gasteiger partial charge on any atom is -0.383 e. The van der Waals surface area contributed by atoms with Crippen LogP contribution in [0.3, 0.4) is 0 Å². The van der Waals surface area contributed by atoms with Gasteiger partial charge in [-0.1, -0.05) is 0 Å². The zero-order valence-electron chi connectivity index (χ0n) is 18.0. The maximum Gasteiger partial charge on any atom is 0.417 e. The van der Waals surface area contributed by atoms with Gasteiger partial charge in [0.15, 0.2) is 0 Å². The van der Waals surface area contributed by atoms with Crippen LogP contribution in [-0.4, -0.2) is 27.3 Å². The van der Waals surface area contributed by atoms with E-state index >= 15 is 0 Å². The van der Waals surface area contributed by atoms with Crippen LogP contribution in [-0.2, 0) is 24.1 Å². The Morgan fingerprint density at radius 3 is 2.61 bits per heavy atom. The van der Waals surface area contributed by atoms with Gasteiger partial charge in [0, 0.05) is 29.3 Å². The number of fused-ring (bicyclic) bond motifs is 3. The van der Waals surface area contributed by atoms with Crippen molar-refractivity contribution in [3.8, 4) is 0 Å². The van der Waals surface area contributed by atoms with E-state index in [0.29, 0.717) is 42.4 Å². The number of rotatable bonds is 5. The summed E-state index contributed by atoms with van der Waals surface area (Å²) in [6, 6.07) is 7.34. The molecule has 0 spiro atoms. The van der Waals surface area contributed by atoms with Gasteiger partial charge in [0.2, 0.25) is 0 Å². The molecule has 1 aliphatic heterocycles. The fourth-order valence-corrected chi connectivity index (χ4v) is 4.55. The molecule has 1 atom stereocenters. The van der Waals surface area contributed by atoms with Crippen molar-refractivity contribution in [3.05, 3.63) is 64.5 Å². The summed E-state index contributed by atoms with van der Waals surface area (Å²) >= 11 is 0. The maximum atomic E-state index is 13.6. The van der Waals surface area contributed by atoms with Crippen LogP contribution in [0.5, 0.6) is 0 Å². The Hall–Kier alpha value is -3.20. The molecule has 3 heterocycles. The molecule has 33 heavy (non-hydrogen) atoms. The molecule has 0 bridgehead atoms. The van der Waals surface area contributed by atoms with E-state index in [2.05, 4.69) is 9.97 Å². The second-order valence-electron chi connectivity index (χ2n) is 8.52. The molecule has 2 aromatic heterocycles. The Morgan fingerprint density at radius 1 is 1.21 bits per heavy atom. The first-order valence-electron chi connectivity index (χ1n) is 10.9. The van der Waals surface area contributed by atoms with Gasteiger partial charge in [-0.15, -0.1) is 0 Å². The van der Waals surface area contributed by atoms with Gasteiger partial charge in [-0.25, -0.2) is 4.98 Å². The lowest BCUT2D eigenvalue weighted by Crippen LogP contribution is -2.36. The molecule has 0 unspecified atom stereocenters. The molecule has 9 heteroatoms. The number of nitrogen functional groups attached to an aromatic ring is 1. The number of aromatic nitrogens is 2. The first-order chi connectivity index (χ1) is 15.8. The number of amides is 1. The lowest BCUT2D eigenvalue weighted by molar-refractivity contribution is -0.137. The van der Waals surface area contributed by atoms with Crippen molar-refractivity contribution in [2.45, 2.75) is 45.2 Å². The molecule has 1 saturated carbocycles. The van der Waals surface area contributed by atoms with Crippen molar-refractivity contribution in [1.29, 1.82) is 0 Å². The van der Waals surface area contributed by atoms with Gasteiger partial charge in [-0.2, -0.15) is 13.2 Å². The van der Waals surface area contributed by atoms with Crippen molar-refractivity contribution < 1.29 is 22.7 Å². The molecule has 2 N–H and O–H groups in total. The van der Waals surface area contributed by atoms with Gasteiger partial charge in [-0.3, -0.25) is 9.78 Å². The quantitative estimate of drug-likeness (QED) is 0.592. The Balaban J connectivity index is 1.50. The molecule has 2 aliphatic rings. The van der Waals surface area contributed by atoms with E-state index in [1.54, 1.807) is 17.0 Å². The molecule has 0 saturated heterocycles. The SMILES string of the molecule is CCN(C(=O)c1ccc2nc(N)c3c(c2c1)COC3)[C@H](c1ccc(C(F)(F)F)cn1)C1CC1. The number of halogens is 3. The summed E-state index contributed by atoms with van der Waals surface area (Å²) in [5, 5.41) is 0.828. The van der Waals surface area contributed by atoms with E-state index in [4.69, 9.17) is 10.5 Å². The maximum absolute atomic E-state index is 13.6. The number of carbonyl (C=O) groups excluding carboxylic acids is 1. The minimum absolute atomic E-state index is 0.178. The van der Waals surface area contributed by atoms with Crippen LogP contribution in [0.1, 0.15) is 58.5 Å². The molecule has 1 aliphatic carbocycles. The highest BCUT2D eigenvalue weighted by Gasteiger charge is 2.40. The summed E-state index contributed by atoms with van der Waals surface area (Å²) in [6.07, 6.45) is -1.79. The van der Waals surface area contributed by atoms with Crippen molar-refractivity contribution in [2.75, 3.05) is 12.3 Å². The molecular weight excluding hydrogens is 433 g/mol. The van der Waals surface area contributed by atoms with E-state index in [0.717, 1.165) is 41.6 Å². The fourth-order valence-electron chi connectivity index (χ4n) is 4.55. The number of hydrogen-bond donors (Lipinski definition) is 1. The minimum atomic E-state index is -4.45. The van der Waals surface area contributed by atoms with E-state index < -0.39 is 11.7 Å². The molecule has 5 rings (SSSR count). The van der Waals surface area contributed by atoms with Crippen LogP contribution >= 0.6 is 0 Å². The predicted molar refractivity (Wildman–Crippen MR) is 116 cm³/mol. The van der Waals surface area contributed by atoms with E-state index in [-0.39, 0.29) is 17.9 Å². The summed E-state index contributed by atoms with van der Waals surface area (Å²) in [5.41, 5.74) is 8.70. The zero-order chi connectivity index (χ0) is 23.3. The summed E-state index contributed by atoms with van der Waals surface area (Å²) in [6.45, 7) is 3.08. The third-order valence-electron chi connectivity index (χ3n) is 6.40. The Bertz CT molecular complexity index is 1220. The number of nitrogens with two attached hydrogens (primary N) is 1. The highest BCUT2D eigenvalue weighted by atomic mass is 19.4. The van der Waals surface area contributed by atoms with Crippen LogP contribution in [0.2, 0.25) is 0 Å². The molecule has 172 valence electrons. The lowest BCUT2D eigenvalue weighted by Gasteiger charge is -2.31. The standard InChI is InChI=1S/C24H23F3N4O2/c1-2-31(21(13-3-4-13)20-8-6-15(10-29-20)24(25,26)27)23(32)14-5-7-19-16(9-14)17-11-33-12-18(17)22(28)30-19/h5-10,13,21H,2-4,11-12H2,1H3,(H2,28,30)/t21-/m0/s1. The second kappa shape index (κ2) is 7.98. The monoisotopic (exact) mass is 456 g/mol. The van der Waals surface area contributed by atoms with E-state index in [1.165, 1.54) is 6.07 Å². The smallest absolute Gasteiger partial charge is 0.383 e. The fraction of sp³-hybridized carbons (Fsp3) is 0.375. The molecule has 1 fully saturated rings. The van der Waals surface area contributed by atoms with Gasteiger partial charge in [0.1, 0.15) is 5.82 Å². The number of hydrogen-bond acceptors (Lipinski definition) is 5. The molecule has 6 nitrogen and oxygen atoms in total. The van der Waals surface area contributed by atoms with Crippen molar-refractivity contribution in [2.24, 2.45) is 5.92 Å². The van der Waals surface area contributed by atoms with Crippen molar-refractivity contribution in [1.82, 2.24) is 14.9 Å². The number of anilines is 1. The van der Waals surface area contributed by atoms with E-state index in [1.807, 2.05) is 13.0 Å². The van der Waals surface area contributed by atoms with Gasteiger partial charge >= 0.3 is 6.18 Å². The summed E-state index contributed by atoms with van der Waals surface area (Å²) in [4.78, 5) is 23.8. The zero-order valence-corrected chi connectivity index (χ0v) is 18.0. The third kappa shape index (κ3) is 3.90. The van der Waals surface area contributed by atoms with Crippen LogP contribution < -0.4 is 5.73 Å². The molecule has 1 amide bonds. The molecular formula is C24H23F3N4O2. The van der Waals surface area contributed by atoms with Crippen molar-refractivity contribution >= 4 is 22.6 Å². The first kappa shape index (κ1) is 21.6. The average molecular weight is 456 g/mol. The summed E-state index contributed by atoms with van der Waals surface area (Å²) in [7, 11) is 0. The third-order valence-corrected chi connectivity index (χ3v) is 6.40. The summed E-state index contributed by atoms with van der Waals surface area (Å²) < 4.78 is 44.5. The van der Waals surface area contributed by atoms with Crippen LogP contribution in [0.4, 0.5) is 19.0 Å². The normalized spacial score (nSPS) is 16.6. The second-order valence-corrected chi connectivity index (χ2v) is 8.52. The molecule has 1 aromatic carbocycles. The molecule has 3 aromatic rings. The number of benzene rings is 1. The van der Waals surface area contributed by atoms with Crippen LogP contribution in [0.15, 0.2) is 36.5 Å². The number of nitrogens with zero attached hydrogens (tertiary/aromatic N) is 3. The van der Waals surface area contributed by atoms with Crippen molar-refractivity contribution in [3.63, 3.8) is 0 Å². The van der Waals surface area contributed by atoms with Gasteiger partial charge in [0.05, 0.1) is 36.0 Å². The number of ether oxygens (including phenoxy) is 1. The predicted octanol–water partition coefficient (Wildman–Crippen LogP) is 4.87. The van der Waals surface area contributed by atoms with Gasteiger partial charge in [-0.05, 0) is 61.6 Å². The first-order valence-corrected chi connectivity index (χ1v) is 10.9. The Labute approximate surface area is 188 Å². The number of alkyl halides is 3. The summed E-state index contributed by atoms with van der Waals surface area (Å²) in [5.74, 6) is 0.423. The Kier molecular flexibility index (Phi) is 5.23. The van der Waals surface area contributed by atoms with Crippen LogP contribution in [0.25, 0.3) is 10.9 Å². The topological polar surface area (TPSA) is 81.3 Å². The lowest BCUT2D eigenvalue weighted by atomic mass is 10.0. The molecule has 0 radical (unpaired) electrons. The average Bonchev–Trinajstić information content (AvgIpc) is 3.50. The highest BCUT2D eigenvalue weighted by Crippen LogP contribution is 2.45. The number of pyridine rings is 2. The van der Waals surface area contributed by atoms with E-state index in [9.17, 15) is 18.0 Å². The van der Waals surface area contributed by atoms with Gasteiger partial charge < -0.3 is 15.4 Å². The largest absolute Gasteiger partial charge is 0.417 e.